The Morgan fingerprint density at radius 3 is 3.00 bits per heavy atom. The third-order valence-corrected chi connectivity index (χ3v) is 4.29. The fraction of sp³-hybridized carbons (Fsp3) is 0.500. The smallest absolute Gasteiger partial charge is 0.0734 e. The maximum absolute atomic E-state index is 4.56. The second kappa shape index (κ2) is 6.12. The Morgan fingerprint density at radius 1 is 1.24 bits per heavy atom. The van der Waals surface area contributed by atoms with E-state index in [0.29, 0.717) is 0 Å². The Labute approximate surface area is 127 Å². The summed E-state index contributed by atoms with van der Waals surface area (Å²) in [7, 11) is 0. The predicted molar refractivity (Wildman–Crippen MR) is 88.6 cm³/mol. The lowest BCUT2D eigenvalue weighted by Crippen LogP contribution is -2.46. The van der Waals surface area contributed by atoms with Crippen molar-refractivity contribution in [2.75, 3.05) is 26.2 Å². The van der Waals surface area contributed by atoms with Crippen molar-refractivity contribution in [2.24, 2.45) is 0 Å². The van der Waals surface area contributed by atoms with Crippen molar-refractivity contribution < 1.29 is 0 Å². The van der Waals surface area contributed by atoms with E-state index in [0.717, 1.165) is 31.6 Å². The quantitative estimate of drug-likeness (QED) is 0.939. The summed E-state index contributed by atoms with van der Waals surface area (Å²) in [5.74, 6) is 0. The van der Waals surface area contributed by atoms with Gasteiger partial charge in [0.05, 0.1) is 5.52 Å². The number of hydrogen-bond donors (Lipinski definition) is 1. The van der Waals surface area contributed by atoms with Crippen LogP contribution in [0.5, 0.6) is 0 Å². The molecule has 1 aromatic heterocycles. The molecule has 1 saturated heterocycles. The average Bonchev–Trinajstić information content (AvgIpc) is 2.65. The van der Waals surface area contributed by atoms with Gasteiger partial charge in [-0.1, -0.05) is 24.3 Å². The molecule has 0 unspecified atom stereocenters. The number of rotatable bonds is 3. The van der Waals surface area contributed by atoms with Crippen LogP contribution in [0.2, 0.25) is 0 Å². The molecule has 0 saturated carbocycles. The molecule has 1 aliphatic heterocycles. The van der Waals surface area contributed by atoms with E-state index in [-0.39, 0.29) is 5.54 Å². The molecule has 0 aliphatic carbocycles. The normalized spacial score (nSPS) is 19.5. The largest absolute Gasteiger partial charge is 0.310 e. The molecule has 0 bridgehead atoms. The van der Waals surface area contributed by atoms with E-state index >= 15 is 0 Å². The fourth-order valence-electron chi connectivity index (χ4n) is 3.26. The first-order valence-electron chi connectivity index (χ1n) is 7.94. The molecule has 1 fully saturated rings. The Hall–Kier alpha value is -1.45. The maximum Gasteiger partial charge on any atom is 0.0734 e. The molecule has 0 atom stereocenters. The van der Waals surface area contributed by atoms with Gasteiger partial charge >= 0.3 is 0 Å². The van der Waals surface area contributed by atoms with Gasteiger partial charge in [-0.15, -0.1) is 0 Å². The molecule has 2 aromatic rings. The Bertz CT molecular complexity index is 601. The molecule has 3 nitrogen and oxygen atoms in total. The minimum Gasteiger partial charge on any atom is -0.310 e. The summed E-state index contributed by atoms with van der Waals surface area (Å²) in [6.07, 6.45) is 4.20. The number of benzene rings is 1. The van der Waals surface area contributed by atoms with Crippen molar-refractivity contribution >= 4 is 10.9 Å². The van der Waals surface area contributed by atoms with Crippen LogP contribution >= 0.6 is 0 Å². The zero-order valence-electron chi connectivity index (χ0n) is 13.1. The summed E-state index contributed by atoms with van der Waals surface area (Å²) in [4.78, 5) is 7.15. The van der Waals surface area contributed by atoms with Crippen molar-refractivity contribution in [1.82, 2.24) is 15.2 Å². The van der Waals surface area contributed by atoms with Crippen molar-refractivity contribution in [3.63, 3.8) is 0 Å². The summed E-state index contributed by atoms with van der Waals surface area (Å²) in [5, 5.41) is 4.87. The SMILES string of the molecule is CC1(C)CN(CCc2cccc3cccnc23)CCCN1. The molecular formula is C18H25N3. The highest BCUT2D eigenvalue weighted by molar-refractivity contribution is 5.81. The summed E-state index contributed by atoms with van der Waals surface area (Å²) in [6, 6.07) is 10.7. The van der Waals surface area contributed by atoms with Crippen LogP contribution in [0, 0.1) is 0 Å². The van der Waals surface area contributed by atoms with E-state index in [2.05, 4.69) is 53.3 Å². The van der Waals surface area contributed by atoms with Crippen LogP contribution in [0.4, 0.5) is 0 Å². The van der Waals surface area contributed by atoms with Crippen LogP contribution in [0.1, 0.15) is 25.8 Å². The van der Waals surface area contributed by atoms with Gasteiger partial charge in [0.15, 0.2) is 0 Å². The molecule has 2 heterocycles. The first kappa shape index (κ1) is 14.5. The second-order valence-electron chi connectivity index (χ2n) is 6.68. The molecule has 0 amide bonds. The number of para-hydroxylation sites is 1. The summed E-state index contributed by atoms with van der Waals surface area (Å²) in [5.41, 5.74) is 2.74. The van der Waals surface area contributed by atoms with E-state index in [1.807, 2.05) is 12.3 Å². The van der Waals surface area contributed by atoms with Gasteiger partial charge < -0.3 is 10.2 Å². The molecule has 1 N–H and O–H groups in total. The Balaban J connectivity index is 1.71. The molecule has 112 valence electrons. The van der Waals surface area contributed by atoms with Gasteiger partial charge in [0, 0.05) is 30.2 Å². The first-order valence-corrected chi connectivity index (χ1v) is 7.94. The van der Waals surface area contributed by atoms with Crippen LogP contribution in [0.15, 0.2) is 36.5 Å². The average molecular weight is 283 g/mol. The Morgan fingerprint density at radius 2 is 2.10 bits per heavy atom. The lowest BCUT2D eigenvalue weighted by molar-refractivity contribution is 0.233. The number of pyridine rings is 1. The highest BCUT2D eigenvalue weighted by Crippen LogP contribution is 2.17. The minimum absolute atomic E-state index is 0.216. The number of nitrogens with zero attached hydrogens (tertiary/aromatic N) is 2. The molecule has 1 aromatic carbocycles. The maximum atomic E-state index is 4.56. The van der Waals surface area contributed by atoms with Crippen molar-refractivity contribution in [3.8, 4) is 0 Å². The Kier molecular flexibility index (Phi) is 4.22. The number of fused-ring (bicyclic) bond motifs is 1. The van der Waals surface area contributed by atoms with Gasteiger partial charge in [-0.25, -0.2) is 0 Å². The van der Waals surface area contributed by atoms with E-state index in [1.165, 1.54) is 23.9 Å². The third-order valence-electron chi connectivity index (χ3n) is 4.29. The molecule has 3 rings (SSSR count). The van der Waals surface area contributed by atoms with E-state index in [9.17, 15) is 0 Å². The summed E-state index contributed by atoms with van der Waals surface area (Å²) < 4.78 is 0. The standard InChI is InChI=1S/C18H25N3/c1-18(2)14-21(12-5-11-20-18)13-9-16-7-3-6-15-8-4-10-19-17(15)16/h3-4,6-8,10,20H,5,9,11-14H2,1-2H3. The molecule has 1 aliphatic rings. The van der Waals surface area contributed by atoms with Gasteiger partial charge in [-0.2, -0.15) is 0 Å². The number of aromatic nitrogens is 1. The van der Waals surface area contributed by atoms with Gasteiger partial charge in [0.25, 0.3) is 0 Å². The fourth-order valence-corrected chi connectivity index (χ4v) is 3.26. The predicted octanol–water partition coefficient (Wildman–Crippen LogP) is 2.85. The van der Waals surface area contributed by atoms with Crippen LogP contribution in [0.3, 0.4) is 0 Å². The van der Waals surface area contributed by atoms with Gasteiger partial charge in [0.1, 0.15) is 0 Å². The van der Waals surface area contributed by atoms with Crippen molar-refractivity contribution in [3.05, 3.63) is 42.1 Å². The summed E-state index contributed by atoms with van der Waals surface area (Å²) in [6.45, 7) is 9.13. The number of nitrogens with one attached hydrogen (secondary N) is 1. The summed E-state index contributed by atoms with van der Waals surface area (Å²) >= 11 is 0. The van der Waals surface area contributed by atoms with Crippen LogP contribution in [-0.2, 0) is 6.42 Å². The molecule has 3 heteroatoms. The highest BCUT2D eigenvalue weighted by atomic mass is 15.2. The molecule has 0 spiro atoms. The number of hydrogen-bond acceptors (Lipinski definition) is 3. The van der Waals surface area contributed by atoms with E-state index in [4.69, 9.17) is 0 Å². The van der Waals surface area contributed by atoms with Crippen molar-refractivity contribution in [2.45, 2.75) is 32.2 Å². The van der Waals surface area contributed by atoms with Crippen LogP contribution < -0.4 is 5.32 Å². The lowest BCUT2D eigenvalue weighted by Gasteiger charge is -2.30. The van der Waals surface area contributed by atoms with Crippen LogP contribution in [0.25, 0.3) is 10.9 Å². The highest BCUT2D eigenvalue weighted by Gasteiger charge is 2.23. The van der Waals surface area contributed by atoms with Gasteiger partial charge in [0.2, 0.25) is 0 Å². The van der Waals surface area contributed by atoms with Gasteiger partial charge in [-0.05, 0) is 51.4 Å². The van der Waals surface area contributed by atoms with Crippen LogP contribution in [-0.4, -0.2) is 41.6 Å². The molecule has 21 heavy (non-hydrogen) atoms. The monoisotopic (exact) mass is 283 g/mol. The van der Waals surface area contributed by atoms with Crippen molar-refractivity contribution in [1.29, 1.82) is 0 Å². The zero-order chi connectivity index (χ0) is 14.7. The topological polar surface area (TPSA) is 28.2 Å². The van der Waals surface area contributed by atoms with Gasteiger partial charge in [-0.3, -0.25) is 4.98 Å². The molecular weight excluding hydrogens is 258 g/mol. The van der Waals surface area contributed by atoms with E-state index in [1.54, 1.807) is 0 Å². The van der Waals surface area contributed by atoms with E-state index < -0.39 is 0 Å². The third kappa shape index (κ3) is 3.60. The second-order valence-corrected chi connectivity index (χ2v) is 6.68. The molecule has 0 radical (unpaired) electrons. The first-order chi connectivity index (χ1) is 10.1. The minimum atomic E-state index is 0.216. The zero-order valence-corrected chi connectivity index (χ0v) is 13.1. The lowest BCUT2D eigenvalue weighted by atomic mass is 10.0.